The quantitative estimate of drug-likeness (QED) is 0.743. The maximum atomic E-state index is 11.5. The number of benzene rings is 1. The SMILES string of the molecule is COc1cc(C(=O)O)cc2c1OC1=CC(O)C(=O)C=C1N2. The first-order valence-corrected chi connectivity index (χ1v) is 6.05. The average Bonchev–Trinajstić information content (AvgIpc) is 2.45. The average molecular weight is 289 g/mol. The van der Waals surface area contributed by atoms with Gasteiger partial charge in [0, 0.05) is 6.08 Å². The van der Waals surface area contributed by atoms with Crippen LogP contribution in [0.4, 0.5) is 5.69 Å². The van der Waals surface area contributed by atoms with Gasteiger partial charge < -0.3 is 25.0 Å². The van der Waals surface area contributed by atoms with Crippen LogP contribution in [-0.4, -0.2) is 35.2 Å². The third-order valence-electron chi connectivity index (χ3n) is 3.16. The molecule has 0 saturated heterocycles. The number of hydrogen-bond acceptors (Lipinski definition) is 6. The minimum Gasteiger partial charge on any atom is -0.493 e. The minimum atomic E-state index is -1.25. The predicted octanol–water partition coefficient (Wildman–Crippen LogP) is 0.909. The van der Waals surface area contributed by atoms with Crippen molar-refractivity contribution >= 4 is 17.4 Å². The number of carbonyl (C=O) groups is 2. The number of ketones is 1. The molecule has 1 unspecified atom stereocenters. The largest absolute Gasteiger partial charge is 0.493 e. The Hall–Kier alpha value is -2.80. The van der Waals surface area contributed by atoms with Crippen LogP contribution in [0.3, 0.4) is 0 Å². The summed E-state index contributed by atoms with van der Waals surface area (Å²) < 4.78 is 10.7. The first kappa shape index (κ1) is 13.2. The minimum absolute atomic E-state index is 0.0249. The lowest BCUT2D eigenvalue weighted by Crippen LogP contribution is -2.27. The summed E-state index contributed by atoms with van der Waals surface area (Å²) in [6, 6.07) is 2.72. The van der Waals surface area contributed by atoms with Crippen LogP contribution in [0.5, 0.6) is 11.5 Å². The molecule has 1 atom stereocenters. The van der Waals surface area contributed by atoms with Gasteiger partial charge in [-0.1, -0.05) is 0 Å². The van der Waals surface area contributed by atoms with Gasteiger partial charge in [-0.25, -0.2) is 4.79 Å². The number of aliphatic hydroxyl groups excluding tert-OH is 1. The molecule has 1 aliphatic heterocycles. The number of carboxylic acids is 1. The van der Waals surface area contributed by atoms with Crippen LogP contribution in [0.1, 0.15) is 10.4 Å². The highest BCUT2D eigenvalue weighted by Crippen LogP contribution is 2.43. The van der Waals surface area contributed by atoms with Gasteiger partial charge in [0.05, 0.1) is 24.1 Å². The van der Waals surface area contributed by atoms with Gasteiger partial charge in [0.15, 0.2) is 17.3 Å². The lowest BCUT2D eigenvalue weighted by Gasteiger charge is -2.28. The van der Waals surface area contributed by atoms with E-state index in [0.29, 0.717) is 17.1 Å². The predicted molar refractivity (Wildman–Crippen MR) is 71.4 cm³/mol. The molecule has 0 amide bonds. The molecule has 108 valence electrons. The van der Waals surface area contributed by atoms with E-state index in [9.17, 15) is 14.7 Å². The molecule has 0 radical (unpaired) electrons. The molecular formula is C14H11NO6. The highest BCUT2D eigenvalue weighted by molar-refractivity contribution is 5.99. The summed E-state index contributed by atoms with van der Waals surface area (Å²) in [5.41, 5.74) is 0.763. The van der Waals surface area contributed by atoms with Crippen molar-refractivity contribution in [3.63, 3.8) is 0 Å². The summed E-state index contributed by atoms with van der Waals surface area (Å²) in [5, 5.41) is 21.5. The number of carboxylic acid groups (broad SMARTS) is 1. The van der Waals surface area contributed by atoms with Gasteiger partial charge in [-0.3, -0.25) is 4.79 Å². The molecule has 7 nitrogen and oxygen atoms in total. The van der Waals surface area contributed by atoms with E-state index in [1.54, 1.807) is 0 Å². The molecule has 0 fully saturated rings. The summed E-state index contributed by atoms with van der Waals surface area (Å²) in [6.07, 6.45) is 1.23. The molecule has 1 aromatic rings. The van der Waals surface area contributed by atoms with Crippen LogP contribution in [0.15, 0.2) is 35.7 Å². The zero-order chi connectivity index (χ0) is 15.1. The van der Waals surface area contributed by atoms with Gasteiger partial charge in [0.1, 0.15) is 11.9 Å². The maximum absolute atomic E-state index is 11.5. The monoisotopic (exact) mass is 289 g/mol. The molecule has 0 bridgehead atoms. The molecule has 2 aliphatic rings. The highest BCUT2D eigenvalue weighted by Gasteiger charge is 2.29. The molecule has 3 N–H and O–H groups in total. The molecule has 0 saturated carbocycles. The summed E-state index contributed by atoms with van der Waals surface area (Å²) in [6.45, 7) is 0. The van der Waals surface area contributed by atoms with E-state index < -0.39 is 17.9 Å². The van der Waals surface area contributed by atoms with E-state index in [1.807, 2.05) is 0 Å². The summed E-state index contributed by atoms with van der Waals surface area (Å²) in [5.74, 6) is -0.759. The third-order valence-corrected chi connectivity index (χ3v) is 3.16. The molecule has 7 heteroatoms. The lowest BCUT2D eigenvalue weighted by atomic mass is 10.0. The van der Waals surface area contributed by atoms with Gasteiger partial charge in [0.2, 0.25) is 0 Å². The van der Waals surface area contributed by atoms with E-state index >= 15 is 0 Å². The fourth-order valence-electron chi connectivity index (χ4n) is 2.13. The number of methoxy groups -OCH3 is 1. The van der Waals surface area contributed by atoms with Gasteiger partial charge in [-0.15, -0.1) is 0 Å². The second-order valence-corrected chi connectivity index (χ2v) is 4.52. The lowest BCUT2D eigenvalue weighted by molar-refractivity contribution is -0.120. The number of carbonyl (C=O) groups excluding carboxylic acids is 1. The third kappa shape index (κ3) is 2.13. The van der Waals surface area contributed by atoms with E-state index in [-0.39, 0.29) is 17.1 Å². The topological polar surface area (TPSA) is 105 Å². The molecule has 1 aromatic carbocycles. The fourth-order valence-corrected chi connectivity index (χ4v) is 2.13. The van der Waals surface area contributed by atoms with Crippen molar-refractivity contribution in [1.82, 2.24) is 0 Å². The number of nitrogens with one attached hydrogen (secondary N) is 1. The molecule has 3 rings (SSSR count). The van der Waals surface area contributed by atoms with Crippen molar-refractivity contribution in [3.05, 3.63) is 41.3 Å². The number of ether oxygens (including phenoxy) is 2. The first-order valence-electron chi connectivity index (χ1n) is 6.05. The Labute approximate surface area is 119 Å². The van der Waals surface area contributed by atoms with Gasteiger partial charge in [-0.2, -0.15) is 0 Å². The van der Waals surface area contributed by atoms with Crippen LogP contribution >= 0.6 is 0 Å². The summed E-state index contributed by atoms with van der Waals surface area (Å²) in [7, 11) is 1.39. The second-order valence-electron chi connectivity index (χ2n) is 4.52. The number of hydrogen-bond donors (Lipinski definition) is 3. The Balaban J connectivity index is 2.12. The van der Waals surface area contributed by atoms with Crippen LogP contribution in [-0.2, 0) is 4.79 Å². The Morgan fingerprint density at radius 3 is 2.86 bits per heavy atom. The second kappa shape index (κ2) is 4.64. The Bertz CT molecular complexity index is 718. The Morgan fingerprint density at radius 1 is 1.43 bits per heavy atom. The molecule has 21 heavy (non-hydrogen) atoms. The summed E-state index contributed by atoms with van der Waals surface area (Å²) >= 11 is 0. The van der Waals surface area contributed by atoms with Crippen molar-refractivity contribution in [1.29, 1.82) is 0 Å². The smallest absolute Gasteiger partial charge is 0.335 e. The summed E-state index contributed by atoms with van der Waals surface area (Å²) in [4.78, 5) is 22.6. The maximum Gasteiger partial charge on any atom is 0.335 e. The van der Waals surface area contributed by atoms with Crippen LogP contribution in [0.2, 0.25) is 0 Å². The van der Waals surface area contributed by atoms with Gasteiger partial charge in [-0.05, 0) is 18.2 Å². The normalized spacial score (nSPS) is 19.3. The van der Waals surface area contributed by atoms with Gasteiger partial charge >= 0.3 is 5.97 Å². The van der Waals surface area contributed by atoms with E-state index in [0.717, 1.165) is 0 Å². The van der Waals surface area contributed by atoms with E-state index in [1.165, 1.54) is 31.4 Å². The number of aliphatic hydroxyl groups is 1. The van der Waals surface area contributed by atoms with Crippen molar-refractivity contribution < 1.29 is 29.3 Å². The van der Waals surface area contributed by atoms with Crippen molar-refractivity contribution in [3.8, 4) is 11.5 Å². The number of anilines is 1. The Kier molecular flexibility index (Phi) is 2.91. The Morgan fingerprint density at radius 2 is 2.19 bits per heavy atom. The molecule has 0 spiro atoms. The molecule has 1 aliphatic carbocycles. The molecule has 1 heterocycles. The molecular weight excluding hydrogens is 278 g/mol. The van der Waals surface area contributed by atoms with E-state index in [4.69, 9.17) is 14.6 Å². The zero-order valence-corrected chi connectivity index (χ0v) is 10.9. The molecule has 0 aromatic heterocycles. The van der Waals surface area contributed by atoms with Crippen molar-refractivity contribution in [2.24, 2.45) is 0 Å². The van der Waals surface area contributed by atoms with Gasteiger partial charge in [0.25, 0.3) is 0 Å². The number of fused-ring (bicyclic) bond motifs is 2. The van der Waals surface area contributed by atoms with Crippen LogP contribution < -0.4 is 14.8 Å². The highest BCUT2D eigenvalue weighted by atomic mass is 16.5. The van der Waals surface area contributed by atoms with Crippen molar-refractivity contribution in [2.75, 3.05) is 12.4 Å². The standard InChI is InChI=1S/C14H11NO6/c1-20-12-3-6(14(18)19)2-8-13(12)21-11-5-10(17)9(16)4-7(11)15-8/h2-5,10,15,17H,1H3,(H,18,19). The van der Waals surface area contributed by atoms with Crippen molar-refractivity contribution in [2.45, 2.75) is 6.10 Å². The fraction of sp³-hybridized carbons (Fsp3) is 0.143. The zero-order valence-electron chi connectivity index (χ0n) is 10.9. The number of rotatable bonds is 2. The van der Waals surface area contributed by atoms with Crippen LogP contribution in [0, 0.1) is 0 Å². The number of aromatic carboxylic acids is 1. The van der Waals surface area contributed by atoms with Crippen LogP contribution in [0.25, 0.3) is 0 Å². The van der Waals surface area contributed by atoms with E-state index in [2.05, 4.69) is 5.32 Å². The first-order chi connectivity index (χ1) is 9.99.